The molecular weight excluding hydrogens is 366 g/mol. The lowest BCUT2D eigenvalue weighted by Gasteiger charge is -2.22. The zero-order valence-corrected chi connectivity index (χ0v) is 15.4. The van der Waals surface area contributed by atoms with Gasteiger partial charge in [-0.2, -0.15) is 0 Å². The van der Waals surface area contributed by atoms with Gasteiger partial charge in [0.25, 0.3) is 11.6 Å². The van der Waals surface area contributed by atoms with Crippen LogP contribution in [-0.2, 0) is 20.8 Å². The normalized spacial score (nSPS) is 10.3. The average Bonchev–Trinajstić information content (AvgIpc) is 2.69. The molecule has 0 aromatic heterocycles. The summed E-state index contributed by atoms with van der Waals surface area (Å²) in [5.41, 5.74) is 6.19. The van der Waals surface area contributed by atoms with Crippen LogP contribution in [-0.4, -0.2) is 48.6 Å². The molecule has 0 atom stereocenters. The van der Waals surface area contributed by atoms with Gasteiger partial charge < -0.3 is 20.1 Å². The number of nitrogen functional groups attached to an aromatic ring is 1. The molecule has 0 saturated heterocycles. The Labute approximate surface area is 161 Å². The van der Waals surface area contributed by atoms with Crippen LogP contribution in [0.3, 0.4) is 0 Å². The Hall–Kier alpha value is -3.46. The van der Waals surface area contributed by atoms with E-state index in [0.29, 0.717) is 19.7 Å². The number of nitro groups is 1. The molecule has 2 aromatic rings. The largest absolute Gasteiger partial charge is 0.452 e. The number of benzene rings is 2. The first-order valence-corrected chi connectivity index (χ1v) is 8.44. The molecule has 2 aromatic carbocycles. The molecule has 0 aliphatic carbocycles. The Balaban J connectivity index is 2.04. The summed E-state index contributed by atoms with van der Waals surface area (Å²) in [5, 5.41) is 10.9. The summed E-state index contributed by atoms with van der Waals surface area (Å²) in [5.74, 6) is -1.32. The fourth-order valence-corrected chi connectivity index (χ4v) is 2.43. The highest BCUT2D eigenvalue weighted by molar-refractivity contribution is 5.97. The van der Waals surface area contributed by atoms with E-state index in [1.54, 1.807) is 0 Å². The van der Waals surface area contributed by atoms with Crippen molar-refractivity contribution in [2.45, 2.75) is 6.54 Å². The Morgan fingerprint density at radius 1 is 1.18 bits per heavy atom. The molecule has 148 valence electrons. The van der Waals surface area contributed by atoms with Gasteiger partial charge in [0.15, 0.2) is 6.61 Å². The van der Waals surface area contributed by atoms with E-state index in [4.69, 9.17) is 15.2 Å². The Kier molecular flexibility index (Phi) is 7.46. The number of esters is 1. The number of carbonyl (C=O) groups is 2. The van der Waals surface area contributed by atoms with Gasteiger partial charge >= 0.3 is 5.97 Å². The van der Waals surface area contributed by atoms with Crippen LogP contribution in [0.2, 0.25) is 0 Å². The van der Waals surface area contributed by atoms with Gasteiger partial charge in [-0.25, -0.2) is 4.79 Å². The topological polar surface area (TPSA) is 125 Å². The van der Waals surface area contributed by atoms with Gasteiger partial charge in [0.2, 0.25) is 0 Å². The number of carbonyl (C=O) groups excluding carboxylic acids is 2. The highest BCUT2D eigenvalue weighted by atomic mass is 16.6. The minimum atomic E-state index is -0.902. The van der Waals surface area contributed by atoms with Crippen LogP contribution in [0.4, 0.5) is 11.4 Å². The lowest BCUT2D eigenvalue weighted by atomic mass is 10.1. The second-order valence-electron chi connectivity index (χ2n) is 5.90. The number of nitrogens with zero attached hydrogens (tertiary/aromatic N) is 2. The van der Waals surface area contributed by atoms with Crippen molar-refractivity contribution in [3.8, 4) is 0 Å². The van der Waals surface area contributed by atoms with Crippen molar-refractivity contribution in [3.05, 3.63) is 69.8 Å². The van der Waals surface area contributed by atoms with Gasteiger partial charge in [-0.3, -0.25) is 14.9 Å². The lowest BCUT2D eigenvalue weighted by Crippen LogP contribution is -2.36. The first-order chi connectivity index (χ1) is 13.4. The third kappa shape index (κ3) is 5.78. The number of nitro benzene ring substituents is 1. The van der Waals surface area contributed by atoms with E-state index in [-0.39, 0.29) is 16.9 Å². The highest BCUT2D eigenvalue weighted by Crippen LogP contribution is 2.20. The van der Waals surface area contributed by atoms with Crippen LogP contribution in [0.25, 0.3) is 0 Å². The van der Waals surface area contributed by atoms with Crippen molar-refractivity contribution >= 4 is 23.3 Å². The summed E-state index contributed by atoms with van der Waals surface area (Å²) in [6, 6.07) is 12.8. The minimum Gasteiger partial charge on any atom is -0.452 e. The van der Waals surface area contributed by atoms with E-state index >= 15 is 0 Å². The fourth-order valence-electron chi connectivity index (χ4n) is 2.43. The van der Waals surface area contributed by atoms with Crippen LogP contribution >= 0.6 is 0 Å². The minimum absolute atomic E-state index is 0.0311. The molecule has 2 rings (SSSR count). The smallest absolute Gasteiger partial charge is 0.341 e. The van der Waals surface area contributed by atoms with Crippen molar-refractivity contribution in [3.63, 3.8) is 0 Å². The molecule has 1 amide bonds. The second kappa shape index (κ2) is 10.0. The van der Waals surface area contributed by atoms with Gasteiger partial charge in [-0.1, -0.05) is 30.3 Å². The Morgan fingerprint density at radius 3 is 2.54 bits per heavy atom. The van der Waals surface area contributed by atoms with E-state index in [1.807, 2.05) is 30.3 Å². The van der Waals surface area contributed by atoms with E-state index in [9.17, 15) is 19.7 Å². The molecule has 0 fully saturated rings. The molecule has 28 heavy (non-hydrogen) atoms. The first-order valence-electron chi connectivity index (χ1n) is 8.44. The standard InChI is InChI=1S/C19H21N3O6/c1-27-10-9-21(12-14-5-3-2-4-6-14)18(23)13-28-19(24)16-11-15(22(25)26)7-8-17(16)20/h2-8,11H,9-10,12-13,20H2,1H3. The summed E-state index contributed by atoms with van der Waals surface area (Å²) in [7, 11) is 1.52. The fraction of sp³-hybridized carbons (Fsp3) is 0.263. The number of rotatable bonds is 9. The molecule has 9 nitrogen and oxygen atoms in total. The number of non-ortho nitro benzene ring substituents is 1. The van der Waals surface area contributed by atoms with Crippen molar-refractivity contribution < 1.29 is 24.0 Å². The van der Waals surface area contributed by atoms with Crippen LogP contribution in [0.1, 0.15) is 15.9 Å². The number of anilines is 1. The maximum atomic E-state index is 12.5. The Morgan fingerprint density at radius 2 is 1.89 bits per heavy atom. The molecule has 0 unspecified atom stereocenters. The summed E-state index contributed by atoms with van der Waals surface area (Å²) < 4.78 is 10.1. The van der Waals surface area contributed by atoms with Crippen molar-refractivity contribution in [1.82, 2.24) is 4.90 Å². The Bertz CT molecular complexity index is 841. The number of nitrogens with two attached hydrogens (primary N) is 1. The molecule has 0 heterocycles. The molecular formula is C19H21N3O6. The number of amides is 1. The lowest BCUT2D eigenvalue weighted by molar-refractivity contribution is -0.384. The van der Waals surface area contributed by atoms with Crippen molar-refractivity contribution in [1.29, 1.82) is 0 Å². The zero-order chi connectivity index (χ0) is 20.5. The molecule has 2 N–H and O–H groups in total. The summed E-state index contributed by atoms with van der Waals surface area (Å²) in [6.45, 7) is 0.460. The van der Waals surface area contributed by atoms with E-state index in [1.165, 1.54) is 24.1 Å². The van der Waals surface area contributed by atoms with Gasteiger partial charge in [-0.05, 0) is 11.6 Å². The van der Waals surface area contributed by atoms with Crippen molar-refractivity contribution in [2.24, 2.45) is 0 Å². The van der Waals surface area contributed by atoms with Crippen LogP contribution in [0, 0.1) is 10.1 Å². The van der Waals surface area contributed by atoms with Crippen LogP contribution < -0.4 is 5.73 Å². The summed E-state index contributed by atoms with van der Waals surface area (Å²) in [4.78, 5) is 36.4. The monoisotopic (exact) mass is 387 g/mol. The highest BCUT2D eigenvalue weighted by Gasteiger charge is 2.20. The molecule has 0 saturated carbocycles. The third-order valence-corrected chi connectivity index (χ3v) is 3.93. The molecule has 9 heteroatoms. The second-order valence-corrected chi connectivity index (χ2v) is 5.90. The molecule has 0 spiro atoms. The van der Waals surface area contributed by atoms with E-state index in [2.05, 4.69) is 0 Å². The molecule has 0 aliphatic heterocycles. The molecule has 0 bridgehead atoms. The predicted molar refractivity (Wildman–Crippen MR) is 102 cm³/mol. The zero-order valence-electron chi connectivity index (χ0n) is 15.4. The number of hydrogen-bond donors (Lipinski definition) is 1. The first kappa shape index (κ1) is 20.8. The summed E-state index contributed by atoms with van der Waals surface area (Å²) >= 11 is 0. The molecule has 0 aliphatic rings. The van der Waals surface area contributed by atoms with E-state index in [0.717, 1.165) is 11.6 Å². The van der Waals surface area contributed by atoms with Crippen LogP contribution in [0.15, 0.2) is 48.5 Å². The maximum absolute atomic E-state index is 12.5. The van der Waals surface area contributed by atoms with Gasteiger partial charge in [0, 0.05) is 38.0 Å². The number of ether oxygens (including phenoxy) is 2. The number of methoxy groups -OCH3 is 1. The van der Waals surface area contributed by atoms with Crippen LogP contribution in [0.5, 0.6) is 0 Å². The SMILES string of the molecule is COCCN(Cc1ccccc1)C(=O)COC(=O)c1cc([N+](=O)[O-])ccc1N. The maximum Gasteiger partial charge on any atom is 0.341 e. The molecule has 0 radical (unpaired) electrons. The average molecular weight is 387 g/mol. The quantitative estimate of drug-likeness (QED) is 0.302. The van der Waals surface area contributed by atoms with Crippen molar-refractivity contribution in [2.75, 3.05) is 32.6 Å². The van der Waals surface area contributed by atoms with Gasteiger partial charge in [0.1, 0.15) is 0 Å². The van der Waals surface area contributed by atoms with Gasteiger partial charge in [-0.15, -0.1) is 0 Å². The third-order valence-electron chi connectivity index (χ3n) is 3.93. The predicted octanol–water partition coefficient (Wildman–Crippen LogP) is 2.01. The summed E-state index contributed by atoms with van der Waals surface area (Å²) in [6.07, 6.45) is 0. The van der Waals surface area contributed by atoms with E-state index < -0.39 is 23.4 Å². The number of hydrogen-bond acceptors (Lipinski definition) is 7. The van der Waals surface area contributed by atoms with Gasteiger partial charge in [0.05, 0.1) is 17.1 Å².